The van der Waals surface area contributed by atoms with Crippen LogP contribution in [0.1, 0.15) is 27.7 Å². The van der Waals surface area contributed by atoms with Gasteiger partial charge in [0.25, 0.3) is 5.91 Å². The van der Waals surface area contributed by atoms with Gasteiger partial charge in [-0.05, 0) is 35.9 Å². The van der Waals surface area contributed by atoms with Crippen molar-refractivity contribution in [1.82, 2.24) is 4.90 Å². The highest BCUT2D eigenvalue weighted by Gasteiger charge is 2.42. The smallest absolute Gasteiger partial charge is 0.290 e. The van der Waals surface area contributed by atoms with Crippen LogP contribution < -0.4 is 10.2 Å². The Labute approximate surface area is 166 Å². The van der Waals surface area contributed by atoms with Crippen molar-refractivity contribution in [2.24, 2.45) is 0 Å². The maximum atomic E-state index is 13.3. The Bertz CT molecular complexity index is 1120. The summed E-state index contributed by atoms with van der Waals surface area (Å²) in [6, 6.07) is 11.5. The topological polar surface area (TPSA) is 69.0 Å². The van der Waals surface area contributed by atoms with Gasteiger partial charge in [-0.15, -0.1) is 0 Å². The van der Waals surface area contributed by atoms with E-state index in [-0.39, 0.29) is 17.1 Å². The zero-order chi connectivity index (χ0) is 19.8. The van der Waals surface area contributed by atoms with Crippen molar-refractivity contribution in [1.29, 1.82) is 0 Å². The predicted octanol–water partition coefficient (Wildman–Crippen LogP) is 3.65. The van der Waals surface area contributed by atoms with Crippen LogP contribution in [0.3, 0.4) is 0 Å². The monoisotopic (exact) mass is 399 g/mol. The molecular weight excluding hydrogens is 382 g/mol. The Morgan fingerprint density at radius 3 is 2.71 bits per heavy atom. The van der Waals surface area contributed by atoms with Gasteiger partial charge in [-0.1, -0.05) is 23.7 Å². The molecule has 4 rings (SSSR count). The van der Waals surface area contributed by atoms with E-state index in [2.05, 4.69) is 0 Å². The van der Waals surface area contributed by atoms with Gasteiger partial charge in [-0.2, -0.15) is 0 Å². The number of methoxy groups -OCH3 is 2. The third kappa shape index (κ3) is 2.95. The van der Waals surface area contributed by atoms with E-state index in [1.165, 1.54) is 0 Å². The van der Waals surface area contributed by atoms with Crippen molar-refractivity contribution < 1.29 is 18.7 Å². The predicted molar refractivity (Wildman–Crippen MR) is 105 cm³/mol. The lowest BCUT2D eigenvalue weighted by Crippen LogP contribution is -2.32. The fourth-order valence-electron chi connectivity index (χ4n) is 3.57. The van der Waals surface area contributed by atoms with Crippen LogP contribution in [-0.4, -0.2) is 38.2 Å². The molecule has 1 aliphatic heterocycles. The van der Waals surface area contributed by atoms with Gasteiger partial charge >= 0.3 is 0 Å². The normalized spacial score (nSPS) is 15.9. The van der Waals surface area contributed by atoms with E-state index in [4.69, 9.17) is 25.5 Å². The van der Waals surface area contributed by atoms with Crippen LogP contribution in [0.4, 0.5) is 0 Å². The first-order valence-corrected chi connectivity index (χ1v) is 9.13. The second-order valence-corrected chi connectivity index (χ2v) is 6.92. The molecule has 6 nitrogen and oxygen atoms in total. The molecular formula is C21H18ClNO5. The summed E-state index contributed by atoms with van der Waals surface area (Å²) in [5, 5.41) is 0.777. The molecule has 0 saturated carbocycles. The zero-order valence-electron chi connectivity index (χ0n) is 15.4. The molecule has 2 aromatic carbocycles. The molecule has 0 fully saturated rings. The number of fused-ring (bicyclic) bond motifs is 2. The highest BCUT2D eigenvalue weighted by molar-refractivity contribution is 6.31. The maximum Gasteiger partial charge on any atom is 0.290 e. The number of amides is 1. The summed E-state index contributed by atoms with van der Waals surface area (Å²) in [4.78, 5) is 28.0. The van der Waals surface area contributed by atoms with E-state index in [0.717, 1.165) is 5.56 Å². The molecule has 2 heterocycles. The molecule has 0 bridgehead atoms. The number of hydrogen-bond donors (Lipinski definition) is 0. The molecule has 28 heavy (non-hydrogen) atoms. The number of rotatable bonds is 5. The first-order chi connectivity index (χ1) is 13.5. The van der Waals surface area contributed by atoms with Crippen LogP contribution in [0.2, 0.25) is 5.02 Å². The van der Waals surface area contributed by atoms with E-state index in [9.17, 15) is 9.59 Å². The molecule has 0 saturated heterocycles. The molecule has 1 unspecified atom stereocenters. The molecule has 1 aromatic heterocycles. The van der Waals surface area contributed by atoms with Gasteiger partial charge in [-0.25, -0.2) is 0 Å². The SMILES string of the molecule is COCCN1C(=O)c2oc3ccc(Cl)cc3c(=O)c2C1c1cccc(OC)c1. The second kappa shape index (κ2) is 7.30. The first kappa shape index (κ1) is 18.5. The van der Waals surface area contributed by atoms with E-state index in [1.54, 1.807) is 37.3 Å². The van der Waals surface area contributed by atoms with E-state index in [1.807, 2.05) is 24.3 Å². The summed E-state index contributed by atoms with van der Waals surface area (Å²) < 4.78 is 16.3. The van der Waals surface area contributed by atoms with Crippen molar-refractivity contribution in [3.05, 3.63) is 74.6 Å². The fraction of sp³-hybridized carbons (Fsp3) is 0.238. The number of carbonyl (C=O) groups is 1. The number of ether oxygens (including phenoxy) is 2. The molecule has 0 spiro atoms. The van der Waals surface area contributed by atoms with Crippen LogP contribution >= 0.6 is 11.6 Å². The van der Waals surface area contributed by atoms with Crippen LogP contribution in [-0.2, 0) is 4.74 Å². The van der Waals surface area contributed by atoms with Gasteiger partial charge < -0.3 is 18.8 Å². The Balaban J connectivity index is 1.97. The fourth-order valence-corrected chi connectivity index (χ4v) is 3.74. The summed E-state index contributed by atoms with van der Waals surface area (Å²) >= 11 is 6.07. The minimum Gasteiger partial charge on any atom is -0.497 e. The minimum atomic E-state index is -0.590. The lowest BCUT2D eigenvalue weighted by atomic mass is 9.98. The average molecular weight is 400 g/mol. The van der Waals surface area contributed by atoms with Gasteiger partial charge in [0.2, 0.25) is 5.76 Å². The van der Waals surface area contributed by atoms with Crippen molar-refractivity contribution >= 4 is 28.5 Å². The zero-order valence-corrected chi connectivity index (χ0v) is 16.2. The summed E-state index contributed by atoms with van der Waals surface area (Å²) in [6.07, 6.45) is 0. The highest BCUT2D eigenvalue weighted by Crippen LogP contribution is 2.39. The van der Waals surface area contributed by atoms with E-state index < -0.39 is 6.04 Å². The average Bonchev–Trinajstić information content (AvgIpc) is 2.99. The molecule has 144 valence electrons. The number of hydrogen-bond acceptors (Lipinski definition) is 5. The molecule has 1 aliphatic rings. The van der Waals surface area contributed by atoms with Crippen molar-refractivity contribution in [2.45, 2.75) is 6.04 Å². The number of benzene rings is 2. The Morgan fingerprint density at radius 1 is 1.14 bits per heavy atom. The first-order valence-electron chi connectivity index (χ1n) is 8.75. The van der Waals surface area contributed by atoms with Gasteiger partial charge in [0.1, 0.15) is 11.3 Å². The summed E-state index contributed by atoms with van der Waals surface area (Å²) in [5.41, 5.74) is 1.14. The summed E-state index contributed by atoms with van der Waals surface area (Å²) in [7, 11) is 3.13. The molecule has 0 aliphatic carbocycles. The van der Waals surface area contributed by atoms with E-state index >= 15 is 0 Å². The maximum absolute atomic E-state index is 13.3. The number of nitrogens with zero attached hydrogens (tertiary/aromatic N) is 1. The van der Waals surface area contributed by atoms with E-state index in [0.29, 0.717) is 40.5 Å². The van der Waals surface area contributed by atoms with Gasteiger partial charge in [-0.3, -0.25) is 9.59 Å². The van der Waals surface area contributed by atoms with Crippen LogP contribution in [0.25, 0.3) is 11.0 Å². The molecule has 0 N–H and O–H groups in total. The van der Waals surface area contributed by atoms with Gasteiger partial charge in [0.05, 0.1) is 30.7 Å². The summed E-state index contributed by atoms with van der Waals surface area (Å²) in [6.45, 7) is 0.650. The van der Waals surface area contributed by atoms with Crippen LogP contribution in [0.5, 0.6) is 5.75 Å². The van der Waals surface area contributed by atoms with Crippen molar-refractivity contribution in [3.8, 4) is 5.75 Å². The molecule has 1 atom stereocenters. The number of carbonyl (C=O) groups excluding carboxylic acids is 1. The van der Waals surface area contributed by atoms with Gasteiger partial charge in [0, 0.05) is 18.7 Å². The minimum absolute atomic E-state index is 0.0590. The summed E-state index contributed by atoms with van der Waals surface area (Å²) in [5.74, 6) is 0.357. The largest absolute Gasteiger partial charge is 0.497 e. The molecule has 7 heteroatoms. The second-order valence-electron chi connectivity index (χ2n) is 6.48. The Morgan fingerprint density at radius 2 is 1.96 bits per heavy atom. The van der Waals surface area contributed by atoms with Crippen molar-refractivity contribution in [2.75, 3.05) is 27.4 Å². The highest BCUT2D eigenvalue weighted by atomic mass is 35.5. The Hall–Kier alpha value is -2.83. The third-order valence-corrected chi connectivity index (χ3v) is 5.11. The molecule has 0 radical (unpaired) electrons. The third-order valence-electron chi connectivity index (χ3n) is 4.87. The Kier molecular flexibility index (Phi) is 4.83. The van der Waals surface area contributed by atoms with Crippen LogP contribution in [0, 0.1) is 0 Å². The lowest BCUT2D eigenvalue weighted by molar-refractivity contribution is 0.0663. The molecule has 1 amide bonds. The quantitative estimate of drug-likeness (QED) is 0.655. The van der Waals surface area contributed by atoms with Crippen LogP contribution in [0.15, 0.2) is 51.7 Å². The van der Waals surface area contributed by atoms with Gasteiger partial charge in [0.15, 0.2) is 5.43 Å². The number of halogens is 1. The standard InChI is InChI=1S/C21H18ClNO5/c1-26-9-8-23-18(12-4-3-5-14(10-12)27-2)17-19(24)15-11-13(22)6-7-16(15)28-20(17)21(23)25/h3-7,10-11,18H,8-9H2,1-2H3. The molecule has 3 aromatic rings. The van der Waals surface area contributed by atoms with Crippen molar-refractivity contribution in [3.63, 3.8) is 0 Å². The lowest BCUT2D eigenvalue weighted by Gasteiger charge is -2.25.